The third kappa shape index (κ3) is 6.96. The predicted molar refractivity (Wildman–Crippen MR) is 143 cm³/mol. The maximum Gasteiger partial charge on any atom is 0.263 e. The van der Waals surface area contributed by atoms with Crippen LogP contribution in [0.25, 0.3) is 5.76 Å². The Morgan fingerprint density at radius 2 is 1.75 bits per heavy atom. The molecule has 0 saturated heterocycles. The third-order valence-electron chi connectivity index (χ3n) is 5.41. The maximum atomic E-state index is 11.4. The second kappa shape index (κ2) is 12.4. The van der Waals surface area contributed by atoms with Crippen molar-refractivity contribution in [1.29, 1.82) is 0 Å². The Bertz CT molecular complexity index is 1310. The molecule has 1 N–H and O–H groups in total. The number of sulfonamides is 1. The molecular weight excluding hydrogens is 498 g/mol. The molecule has 7 nitrogen and oxygen atoms in total. The molecule has 0 aromatic heterocycles. The number of nitrogens with one attached hydrogen (secondary N) is 1. The summed E-state index contributed by atoms with van der Waals surface area (Å²) < 4.78 is 29.8. The molecule has 1 aliphatic heterocycles. The molecule has 0 fully saturated rings. The van der Waals surface area contributed by atoms with Crippen LogP contribution < -0.4 is 4.72 Å². The van der Waals surface area contributed by atoms with Crippen molar-refractivity contribution < 1.29 is 17.9 Å². The number of hydrogen-bond donors (Lipinski definition) is 1. The molecular formula is C27H28ClN3O4S. The van der Waals surface area contributed by atoms with Crippen LogP contribution in [0.1, 0.15) is 29.5 Å². The molecule has 1 atom stereocenters. The number of likely N-dealkylation sites (N-methyl/N-ethyl adjacent to an activating group) is 1. The minimum atomic E-state index is -3.75. The van der Waals surface area contributed by atoms with Crippen molar-refractivity contribution >= 4 is 39.5 Å². The monoisotopic (exact) mass is 525 g/mol. The fraction of sp³-hybridized carbons (Fsp3) is 0.185. The molecule has 1 unspecified atom stereocenters. The summed E-state index contributed by atoms with van der Waals surface area (Å²) in [6.07, 6.45) is 0.127. The average molecular weight is 526 g/mol. The van der Waals surface area contributed by atoms with E-state index in [2.05, 4.69) is 35.9 Å². The van der Waals surface area contributed by atoms with Crippen LogP contribution in [-0.2, 0) is 19.6 Å². The minimum absolute atomic E-state index is 0.0117. The molecule has 1 aliphatic rings. The highest BCUT2D eigenvalue weighted by atomic mass is 35.5. The third-order valence-corrected chi connectivity index (χ3v) is 6.96. The van der Waals surface area contributed by atoms with E-state index in [1.165, 1.54) is 17.7 Å². The number of carbonyl (C=O) groups excluding carboxylic acids is 1. The molecule has 0 saturated carbocycles. The molecule has 9 heteroatoms. The second-order valence-electron chi connectivity index (χ2n) is 7.92. The van der Waals surface area contributed by atoms with Gasteiger partial charge in [0.15, 0.2) is 0 Å². The zero-order valence-corrected chi connectivity index (χ0v) is 21.7. The van der Waals surface area contributed by atoms with Crippen molar-refractivity contribution in [2.75, 3.05) is 20.2 Å². The van der Waals surface area contributed by atoms with Gasteiger partial charge in [-0.3, -0.25) is 14.5 Å². The molecule has 0 aliphatic carbocycles. The molecule has 4 rings (SSSR count). The number of ether oxygens (including phenoxy) is 1. The van der Waals surface area contributed by atoms with Gasteiger partial charge in [-0.15, -0.1) is 0 Å². The minimum Gasteiger partial charge on any atom is -0.494 e. The van der Waals surface area contributed by atoms with Gasteiger partial charge >= 0.3 is 0 Å². The van der Waals surface area contributed by atoms with E-state index in [0.717, 1.165) is 22.8 Å². The highest BCUT2D eigenvalue weighted by molar-refractivity contribution is 7.90. The van der Waals surface area contributed by atoms with Crippen molar-refractivity contribution in [3.63, 3.8) is 0 Å². The standard InChI is InChI=1S/C16H15ClN2.C11H13NO4S/c1-19-11-15(12-5-3-2-4-6-12)16(18-19)13-7-9-14(17)10-8-13;1-3-16-9(2)10-4-6-11(7-5-10)17(14,15)12-8-13/h2-10,15H,11H2,1H3;4-8H,2-3H2,1H3,(H,12,13). The maximum absolute atomic E-state index is 11.4. The van der Waals surface area contributed by atoms with E-state index in [1.54, 1.807) is 16.9 Å². The molecule has 0 radical (unpaired) electrons. The molecule has 0 spiro atoms. The van der Waals surface area contributed by atoms with Gasteiger partial charge in [0.25, 0.3) is 10.0 Å². The molecule has 1 heterocycles. The number of nitrogens with zero attached hydrogens (tertiary/aromatic N) is 2. The fourth-order valence-electron chi connectivity index (χ4n) is 3.68. The van der Waals surface area contributed by atoms with Crippen LogP contribution in [0.15, 0.2) is 95.4 Å². The zero-order valence-electron chi connectivity index (χ0n) is 20.1. The molecule has 1 amide bonds. The van der Waals surface area contributed by atoms with Crippen molar-refractivity contribution in [3.05, 3.63) is 107 Å². The first-order valence-electron chi connectivity index (χ1n) is 11.2. The van der Waals surface area contributed by atoms with Gasteiger partial charge in [0.05, 0.1) is 17.2 Å². The number of hydrazone groups is 1. The van der Waals surface area contributed by atoms with Crippen LogP contribution in [0, 0.1) is 0 Å². The highest BCUT2D eigenvalue weighted by Crippen LogP contribution is 2.28. The van der Waals surface area contributed by atoms with E-state index in [-0.39, 0.29) is 11.3 Å². The fourth-order valence-corrected chi connectivity index (χ4v) is 4.57. The number of benzene rings is 3. The van der Waals surface area contributed by atoms with Gasteiger partial charge in [-0.25, -0.2) is 8.42 Å². The van der Waals surface area contributed by atoms with Crippen molar-refractivity contribution in [2.24, 2.45) is 5.10 Å². The van der Waals surface area contributed by atoms with Crippen LogP contribution in [0.2, 0.25) is 5.02 Å². The number of rotatable bonds is 8. The van der Waals surface area contributed by atoms with Gasteiger partial charge < -0.3 is 4.74 Å². The van der Waals surface area contributed by atoms with Gasteiger partial charge in [0.2, 0.25) is 6.41 Å². The van der Waals surface area contributed by atoms with E-state index in [9.17, 15) is 13.2 Å². The Labute approximate surface area is 217 Å². The Morgan fingerprint density at radius 1 is 1.11 bits per heavy atom. The summed E-state index contributed by atoms with van der Waals surface area (Å²) in [6, 6.07) is 24.3. The molecule has 3 aromatic carbocycles. The summed E-state index contributed by atoms with van der Waals surface area (Å²) in [6.45, 7) is 6.94. The first-order valence-corrected chi connectivity index (χ1v) is 13.1. The van der Waals surface area contributed by atoms with Crippen LogP contribution in [0.3, 0.4) is 0 Å². The molecule has 0 bridgehead atoms. The summed E-state index contributed by atoms with van der Waals surface area (Å²) in [5, 5.41) is 7.41. The summed E-state index contributed by atoms with van der Waals surface area (Å²) >= 11 is 5.95. The van der Waals surface area contributed by atoms with Gasteiger partial charge in [-0.1, -0.05) is 60.6 Å². The van der Waals surface area contributed by atoms with Crippen LogP contribution in [-0.4, -0.2) is 45.7 Å². The van der Waals surface area contributed by atoms with Crippen molar-refractivity contribution in [2.45, 2.75) is 17.7 Å². The normalized spacial score (nSPS) is 14.8. The summed E-state index contributed by atoms with van der Waals surface area (Å²) in [5.74, 6) is 0.798. The summed E-state index contributed by atoms with van der Waals surface area (Å²) in [5.41, 5.74) is 4.26. The molecule has 188 valence electrons. The largest absolute Gasteiger partial charge is 0.494 e. The van der Waals surface area contributed by atoms with E-state index < -0.39 is 10.0 Å². The van der Waals surface area contributed by atoms with E-state index in [1.807, 2.05) is 49.3 Å². The molecule has 36 heavy (non-hydrogen) atoms. The lowest BCUT2D eigenvalue weighted by atomic mass is 9.91. The van der Waals surface area contributed by atoms with E-state index >= 15 is 0 Å². The smallest absolute Gasteiger partial charge is 0.263 e. The first kappa shape index (κ1) is 27.0. The molecule has 3 aromatic rings. The van der Waals surface area contributed by atoms with E-state index in [4.69, 9.17) is 16.3 Å². The highest BCUT2D eigenvalue weighted by Gasteiger charge is 2.27. The topological polar surface area (TPSA) is 88.1 Å². The zero-order chi connectivity index (χ0) is 26.1. The lowest BCUT2D eigenvalue weighted by molar-refractivity contribution is -0.108. The Morgan fingerprint density at radius 3 is 2.33 bits per heavy atom. The van der Waals surface area contributed by atoms with Gasteiger partial charge in [-0.2, -0.15) is 5.10 Å². The van der Waals surface area contributed by atoms with Crippen LogP contribution in [0.4, 0.5) is 0 Å². The van der Waals surface area contributed by atoms with Crippen LogP contribution in [0.5, 0.6) is 0 Å². The number of amides is 1. The van der Waals surface area contributed by atoms with E-state index in [0.29, 0.717) is 23.8 Å². The number of carbonyl (C=O) groups is 1. The average Bonchev–Trinajstić information content (AvgIpc) is 3.27. The Balaban J connectivity index is 0.000000202. The number of halogens is 1. The Hall–Kier alpha value is -3.62. The lowest BCUT2D eigenvalue weighted by Gasteiger charge is -2.13. The predicted octanol–water partition coefficient (Wildman–Crippen LogP) is 4.90. The van der Waals surface area contributed by atoms with Crippen molar-refractivity contribution in [3.8, 4) is 0 Å². The lowest BCUT2D eigenvalue weighted by Crippen LogP contribution is -2.21. The SMILES string of the molecule is C=C(OCC)c1ccc(S(=O)(=O)NC=O)cc1.CN1CC(c2ccccc2)C(c2ccc(Cl)cc2)=N1. The first-order chi connectivity index (χ1) is 17.2. The summed E-state index contributed by atoms with van der Waals surface area (Å²) in [4.78, 5) is 10.1. The van der Waals surface area contributed by atoms with Crippen LogP contribution >= 0.6 is 11.6 Å². The Kier molecular flexibility index (Phi) is 9.27. The van der Waals surface area contributed by atoms with Crippen molar-refractivity contribution in [1.82, 2.24) is 9.73 Å². The number of hydrogen-bond acceptors (Lipinski definition) is 6. The van der Waals surface area contributed by atoms with Gasteiger partial charge in [-0.05, 0) is 54.4 Å². The van der Waals surface area contributed by atoms with Gasteiger partial charge in [0.1, 0.15) is 5.76 Å². The van der Waals surface area contributed by atoms with Gasteiger partial charge in [0, 0.05) is 30.1 Å². The summed E-state index contributed by atoms with van der Waals surface area (Å²) in [7, 11) is -1.74. The second-order valence-corrected chi connectivity index (χ2v) is 10.1. The quantitative estimate of drug-likeness (QED) is 0.334.